The monoisotopic (exact) mass is 238 g/mol. The van der Waals surface area contributed by atoms with Gasteiger partial charge in [-0.1, -0.05) is 24.3 Å². The molecule has 17 heavy (non-hydrogen) atoms. The van der Waals surface area contributed by atoms with Crippen molar-refractivity contribution in [3.63, 3.8) is 0 Å². The van der Waals surface area contributed by atoms with E-state index in [9.17, 15) is 13.6 Å². The van der Waals surface area contributed by atoms with E-state index in [1.807, 2.05) is 0 Å². The number of carboxylic acid groups (broad SMARTS) is 1. The number of halogens is 2. The minimum atomic E-state index is -2.65. The van der Waals surface area contributed by atoms with E-state index in [1.165, 1.54) is 12.1 Å². The number of rotatable bonds is 2. The Balaban J connectivity index is 2.36. The van der Waals surface area contributed by atoms with E-state index in [2.05, 4.69) is 0 Å². The zero-order chi connectivity index (χ0) is 12.5. The molecule has 1 aromatic rings. The molecule has 0 aromatic heterocycles. The second-order valence-corrected chi connectivity index (χ2v) is 4.14. The highest BCUT2D eigenvalue weighted by molar-refractivity contribution is 5.94. The van der Waals surface area contributed by atoms with Crippen LogP contribution in [0.25, 0.3) is 5.57 Å². The molecule has 0 saturated carbocycles. The minimum absolute atomic E-state index is 0.170. The molecular weight excluding hydrogens is 226 g/mol. The predicted octanol–water partition coefficient (Wildman–Crippen LogP) is 3.59. The van der Waals surface area contributed by atoms with Gasteiger partial charge in [-0.25, -0.2) is 13.6 Å². The molecule has 1 N–H and O–H groups in total. The largest absolute Gasteiger partial charge is 0.478 e. The Hall–Kier alpha value is -1.71. The topological polar surface area (TPSA) is 37.3 Å². The molecule has 1 aliphatic carbocycles. The third kappa shape index (κ3) is 2.52. The van der Waals surface area contributed by atoms with Crippen LogP contribution in [-0.2, 0) is 0 Å². The zero-order valence-corrected chi connectivity index (χ0v) is 9.12. The van der Waals surface area contributed by atoms with Crippen LogP contribution >= 0.6 is 0 Å². The summed E-state index contributed by atoms with van der Waals surface area (Å²) in [6.45, 7) is 0. The number of hydrogen-bond acceptors (Lipinski definition) is 1. The lowest BCUT2D eigenvalue weighted by Gasteiger charge is -2.22. The summed E-state index contributed by atoms with van der Waals surface area (Å²) in [4.78, 5) is 11.0. The third-order valence-electron chi connectivity index (χ3n) is 2.91. The lowest BCUT2D eigenvalue weighted by atomic mass is 9.89. The molecule has 2 nitrogen and oxygen atoms in total. The molecule has 0 fully saturated rings. The van der Waals surface area contributed by atoms with Crippen molar-refractivity contribution in [2.24, 2.45) is 0 Å². The number of alkyl halides is 2. The van der Waals surface area contributed by atoms with E-state index in [4.69, 9.17) is 5.11 Å². The van der Waals surface area contributed by atoms with Gasteiger partial charge in [0.15, 0.2) is 0 Å². The highest BCUT2D eigenvalue weighted by atomic mass is 19.3. The fourth-order valence-corrected chi connectivity index (χ4v) is 1.99. The summed E-state index contributed by atoms with van der Waals surface area (Å²) in [5.74, 6) is -3.68. The lowest BCUT2D eigenvalue weighted by Crippen LogP contribution is -2.18. The highest BCUT2D eigenvalue weighted by Gasteiger charge is 2.31. The van der Waals surface area contributed by atoms with Gasteiger partial charge in [0.05, 0.1) is 5.56 Å². The summed E-state index contributed by atoms with van der Waals surface area (Å²) in [6, 6.07) is 6.50. The number of hydrogen-bond donors (Lipinski definition) is 1. The second-order valence-electron chi connectivity index (χ2n) is 4.14. The predicted molar refractivity (Wildman–Crippen MR) is 60.2 cm³/mol. The van der Waals surface area contributed by atoms with Gasteiger partial charge >= 0.3 is 5.97 Å². The van der Waals surface area contributed by atoms with Crippen molar-refractivity contribution in [1.82, 2.24) is 0 Å². The maximum absolute atomic E-state index is 13.0. The van der Waals surface area contributed by atoms with Gasteiger partial charge in [-0.2, -0.15) is 0 Å². The van der Waals surface area contributed by atoms with Gasteiger partial charge in [0, 0.05) is 12.8 Å². The Morgan fingerprint density at radius 1 is 1.29 bits per heavy atom. The standard InChI is InChI=1S/C13H12F2O2/c14-13(15)7-5-9(6-8-13)10-3-1-2-4-11(10)12(16)17/h1-5H,6-8H2,(H,16,17). The lowest BCUT2D eigenvalue weighted by molar-refractivity contribution is -0.00602. The average Bonchev–Trinajstić information content (AvgIpc) is 2.29. The van der Waals surface area contributed by atoms with Crippen molar-refractivity contribution in [2.75, 3.05) is 0 Å². The van der Waals surface area contributed by atoms with Crippen molar-refractivity contribution < 1.29 is 18.7 Å². The second kappa shape index (κ2) is 4.28. The molecule has 0 bridgehead atoms. The third-order valence-corrected chi connectivity index (χ3v) is 2.91. The first kappa shape index (κ1) is 11.8. The normalized spacial score (nSPS) is 18.6. The van der Waals surface area contributed by atoms with Crippen LogP contribution in [0.1, 0.15) is 35.2 Å². The van der Waals surface area contributed by atoms with Gasteiger partial charge in [0.1, 0.15) is 0 Å². The number of carboxylic acids is 1. The Morgan fingerprint density at radius 3 is 2.59 bits per heavy atom. The Bertz CT molecular complexity index is 478. The van der Waals surface area contributed by atoms with E-state index in [1.54, 1.807) is 18.2 Å². The molecule has 0 aliphatic heterocycles. The fraction of sp³-hybridized carbons (Fsp3) is 0.308. The molecule has 90 valence electrons. The smallest absolute Gasteiger partial charge is 0.336 e. The summed E-state index contributed by atoms with van der Waals surface area (Å²) in [6.07, 6.45) is 1.14. The van der Waals surface area contributed by atoms with Crippen LogP contribution in [0.5, 0.6) is 0 Å². The van der Waals surface area contributed by atoms with Gasteiger partial charge < -0.3 is 5.11 Å². The number of allylic oxidation sites excluding steroid dienone is 2. The number of benzene rings is 1. The van der Waals surface area contributed by atoms with Gasteiger partial charge in [-0.05, 0) is 23.6 Å². The first-order valence-electron chi connectivity index (χ1n) is 5.39. The van der Waals surface area contributed by atoms with Crippen LogP contribution in [0.15, 0.2) is 30.3 Å². The van der Waals surface area contributed by atoms with Crippen LogP contribution in [0.3, 0.4) is 0 Å². The van der Waals surface area contributed by atoms with Crippen LogP contribution in [-0.4, -0.2) is 17.0 Å². The van der Waals surface area contributed by atoms with Crippen molar-refractivity contribution >= 4 is 11.5 Å². The maximum atomic E-state index is 13.0. The SMILES string of the molecule is O=C(O)c1ccccc1C1=CCC(F)(F)CC1. The minimum Gasteiger partial charge on any atom is -0.478 e. The van der Waals surface area contributed by atoms with Crippen LogP contribution in [0.2, 0.25) is 0 Å². The molecule has 2 rings (SSSR count). The van der Waals surface area contributed by atoms with Gasteiger partial charge in [-0.15, -0.1) is 0 Å². The molecule has 0 spiro atoms. The summed E-state index contributed by atoms with van der Waals surface area (Å²) >= 11 is 0. The molecule has 0 atom stereocenters. The zero-order valence-electron chi connectivity index (χ0n) is 9.12. The molecule has 0 amide bonds. The van der Waals surface area contributed by atoms with E-state index < -0.39 is 11.9 Å². The molecule has 0 radical (unpaired) electrons. The van der Waals surface area contributed by atoms with Crippen molar-refractivity contribution in [1.29, 1.82) is 0 Å². The van der Waals surface area contributed by atoms with E-state index in [-0.39, 0.29) is 24.8 Å². The molecule has 4 heteroatoms. The summed E-state index contributed by atoms with van der Waals surface area (Å²) in [5.41, 5.74) is 1.42. The highest BCUT2D eigenvalue weighted by Crippen LogP contribution is 2.37. The van der Waals surface area contributed by atoms with Crippen LogP contribution < -0.4 is 0 Å². The molecule has 0 unspecified atom stereocenters. The van der Waals surface area contributed by atoms with Crippen molar-refractivity contribution in [2.45, 2.75) is 25.2 Å². The van der Waals surface area contributed by atoms with Gasteiger partial charge in [0.2, 0.25) is 0 Å². The summed E-state index contributed by atoms with van der Waals surface area (Å²) < 4.78 is 26.0. The van der Waals surface area contributed by atoms with Crippen molar-refractivity contribution in [3.05, 3.63) is 41.5 Å². The first-order chi connectivity index (χ1) is 7.99. The van der Waals surface area contributed by atoms with Crippen molar-refractivity contribution in [3.8, 4) is 0 Å². The average molecular weight is 238 g/mol. The van der Waals surface area contributed by atoms with Gasteiger partial charge in [-0.3, -0.25) is 0 Å². The molecule has 0 heterocycles. The van der Waals surface area contributed by atoms with Crippen LogP contribution in [0, 0.1) is 0 Å². The molecule has 1 aliphatic rings. The Kier molecular flexibility index (Phi) is 2.96. The molecule has 0 saturated heterocycles. The van der Waals surface area contributed by atoms with E-state index in [0.717, 1.165) is 0 Å². The maximum Gasteiger partial charge on any atom is 0.336 e. The number of carbonyl (C=O) groups is 1. The van der Waals surface area contributed by atoms with E-state index >= 15 is 0 Å². The first-order valence-corrected chi connectivity index (χ1v) is 5.39. The van der Waals surface area contributed by atoms with Gasteiger partial charge in [0.25, 0.3) is 5.92 Å². The summed E-state index contributed by atoms with van der Waals surface area (Å²) in [7, 11) is 0. The summed E-state index contributed by atoms with van der Waals surface area (Å²) in [5, 5.41) is 9.02. The number of aromatic carboxylic acids is 1. The quantitative estimate of drug-likeness (QED) is 0.854. The Labute approximate surface area is 97.6 Å². The fourth-order valence-electron chi connectivity index (χ4n) is 1.99. The van der Waals surface area contributed by atoms with E-state index in [0.29, 0.717) is 11.1 Å². The molecule has 1 aromatic carbocycles. The Morgan fingerprint density at radius 2 is 2.00 bits per heavy atom. The van der Waals surface area contributed by atoms with Crippen LogP contribution in [0.4, 0.5) is 8.78 Å². The molecular formula is C13H12F2O2.